The van der Waals surface area contributed by atoms with Crippen LogP contribution in [0.2, 0.25) is 0 Å². The second-order valence-corrected chi connectivity index (χ2v) is 4.29. The van der Waals surface area contributed by atoms with Gasteiger partial charge in [-0.2, -0.15) is 0 Å². The van der Waals surface area contributed by atoms with E-state index in [9.17, 15) is 14.4 Å². The fraction of sp³-hybridized carbons (Fsp3) is 0.400. The van der Waals surface area contributed by atoms with E-state index in [1.807, 2.05) is 30.3 Å². The molecule has 1 N–H and O–H groups in total. The number of hydrogen-bond donors (Lipinski definition) is 1. The Balaban J connectivity index is 2.30. The maximum Gasteiger partial charge on any atom is 0.408 e. The maximum atomic E-state index is 11.5. The van der Waals surface area contributed by atoms with Crippen LogP contribution in [0, 0.1) is 0 Å². The molecule has 0 fully saturated rings. The van der Waals surface area contributed by atoms with Crippen LogP contribution in [0.5, 0.6) is 0 Å². The van der Waals surface area contributed by atoms with Crippen LogP contribution in [0.1, 0.15) is 25.3 Å². The monoisotopic (exact) mass is 293 g/mol. The van der Waals surface area contributed by atoms with Gasteiger partial charge in [0.25, 0.3) is 0 Å². The lowest BCUT2D eigenvalue weighted by Crippen LogP contribution is -2.36. The zero-order chi connectivity index (χ0) is 15.5. The van der Waals surface area contributed by atoms with E-state index in [0.717, 1.165) is 5.56 Å². The molecule has 0 aliphatic carbocycles. The number of ether oxygens (including phenoxy) is 2. The largest absolute Gasteiger partial charge is 0.466 e. The average Bonchev–Trinajstić information content (AvgIpc) is 2.50. The summed E-state index contributed by atoms with van der Waals surface area (Å²) in [4.78, 5) is 33.6. The highest BCUT2D eigenvalue weighted by molar-refractivity contribution is 5.74. The molecule has 1 aromatic carbocycles. The fourth-order valence-electron chi connectivity index (χ4n) is 1.60. The Bertz CT molecular complexity index is 460. The van der Waals surface area contributed by atoms with Gasteiger partial charge in [-0.25, -0.2) is 4.79 Å². The lowest BCUT2D eigenvalue weighted by Gasteiger charge is -2.12. The number of esters is 1. The third kappa shape index (κ3) is 7.10. The van der Waals surface area contributed by atoms with Gasteiger partial charge in [-0.15, -0.1) is 0 Å². The highest BCUT2D eigenvalue weighted by atomic mass is 16.5. The van der Waals surface area contributed by atoms with Crippen molar-refractivity contribution in [2.45, 2.75) is 32.4 Å². The van der Waals surface area contributed by atoms with Gasteiger partial charge in [0, 0.05) is 6.42 Å². The Kier molecular flexibility index (Phi) is 7.56. The van der Waals surface area contributed by atoms with Crippen LogP contribution in [0.15, 0.2) is 30.3 Å². The third-order valence-electron chi connectivity index (χ3n) is 2.65. The van der Waals surface area contributed by atoms with Gasteiger partial charge in [-0.1, -0.05) is 30.3 Å². The third-order valence-corrected chi connectivity index (χ3v) is 2.65. The molecule has 0 saturated carbocycles. The molecule has 0 saturated heterocycles. The minimum Gasteiger partial charge on any atom is -0.466 e. The molecule has 1 aromatic rings. The molecule has 0 aliphatic rings. The zero-order valence-corrected chi connectivity index (χ0v) is 11.9. The quantitative estimate of drug-likeness (QED) is 0.584. The van der Waals surface area contributed by atoms with Crippen LogP contribution in [0.3, 0.4) is 0 Å². The number of hydrogen-bond acceptors (Lipinski definition) is 5. The van der Waals surface area contributed by atoms with Gasteiger partial charge in [-0.3, -0.25) is 4.79 Å². The van der Waals surface area contributed by atoms with Crippen molar-refractivity contribution in [1.82, 2.24) is 5.32 Å². The second kappa shape index (κ2) is 9.52. The molecule has 6 nitrogen and oxygen atoms in total. The molecular weight excluding hydrogens is 274 g/mol. The molecule has 21 heavy (non-hydrogen) atoms. The minimum absolute atomic E-state index is 0.0657. The molecule has 1 amide bonds. The van der Waals surface area contributed by atoms with Crippen molar-refractivity contribution in [2.24, 2.45) is 0 Å². The van der Waals surface area contributed by atoms with E-state index in [4.69, 9.17) is 9.47 Å². The van der Waals surface area contributed by atoms with E-state index < -0.39 is 18.1 Å². The highest BCUT2D eigenvalue weighted by Crippen LogP contribution is 2.02. The summed E-state index contributed by atoms with van der Waals surface area (Å²) in [7, 11) is 0. The number of aldehydes is 1. The summed E-state index contributed by atoms with van der Waals surface area (Å²) in [6, 6.07) is 8.42. The Morgan fingerprint density at radius 1 is 1.24 bits per heavy atom. The van der Waals surface area contributed by atoms with Crippen molar-refractivity contribution >= 4 is 18.3 Å². The van der Waals surface area contributed by atoms with Crippen molar-refractivity contribution in [2.75, 3.05) is 6.61 Å². The molecular formula is C15H19NO5. The molecule has 114 valence electrons. The summed E-state index contributed by atoms with van der Waals surface area (Å²) in [5.41, 5.74) is 0.849. The number of nitrogens with one attached hydrogen (secondary N) is 1. The van der Waals surface area contributed by atoms with E-state index in [-0.39, 0.29) is 26.1 Å². The summed E-state index contributed by atoms with van der Waals surface area (Å²) in [5.74, 6) is -0.399. The molecule has 1 rings (SSSR count). The number of alkyl carbamates (subject to hydrolysis) is 1. The van der Waals surface area contributed by atoms with E-state index in [0.29, 0.717) is 6.29 Å². The van der Waals surface area contributed by atoms with Crippen LogP contribution in [-0.2, 0) is 25.7 Å². The number of carbonyl (C=O) groups excluding carboxylic acids is 3. The van der Waals surface area contributed by atoms with Gasteiger partial charge in [0.05, 0.1) is 12.6 Å². The maximum absolute atomic E-state index is 11.5. The van der Waals surface area contributed by atoms with Gasteiger partial charge in [0.2, 0.25) is 0 Å². The van der Waals surface area contributed by atoms with Crippen molar-refractivity contribution in [3.63, 3.8) is 0 Å². The lowest BCUT2D eigenvalue weighted by atomic mass is 10.2. The SMILES string of the molecule is CCOC(=O)CC[C@@H](C=O)NC(=O)OCc1ccccc1. The normalized spacial score (nSPS) is 11.3. The molecule has 6 heteroatoms. The second-order valence-electron chi connectivity index (χ2n) is 4.29. The van der Waals surface area contributed by atoms with Gasteiger partial charge >= 0.3 is 12.1 Å². The summed E-state index contributed by atoms with van der Waals surface area (Å²) in [6.45, 7) is 2.11. The topological polar surface area (TPSA) is 81.7 Å². The van der Waals surface area contributed by atoms with Crippen molar-refractivity contribution < 1.29 is 23.9 Å². The summed E-state index contributed by atoms with van der Waals surface area (Å²) in [6.07, 6.45) is 0.127. The molecule has 0 bridgehead atoms. The minimum atomic E-state index is -0.766. The molecule has 1 atom stereocenters. The number of rotatable bonds is 8. The van der Waals surface area contributed by atoms with Crippen LogP contribution < -0.4 is 5.32 Å². The molecule has 0 aromatic heterocycles. The molecule has 0 radical (unpaired) electrons. The van der Waals surface area contributed by atoms with Gasteiger partial charge < -0.3 is 19.6 Å². The molecule has 0 spiro atoms. The highest BCUT2D eigenvalue weighted by Gasteiger charge is 2.14. The van der Waals surface area contributed by atoms with E-state index >= 15 is 0 Å². The van der Waals surface area contributed by atoms with Crippen LogP contribution in [0.25, 0.3) is 0 Å². The number of amides is 1. The van der Waals surface area contributed by atoms with Gasteiger partial charge in [0.15, 0.2) is 0 Å². The summed E-state index contributed by atoms with van der Waals surface area (Å²) in [5, 5.41) is 2.40. The van der Waals surface area contributed by atoms with Gasteiger partial charge in [-0.05, 0) is 18.9 Å². The van der Waals surface area contributed by atoms with E-state index in [2.05, 4.69) is 5.32 Å². The predicted octanol–water partition coefficient (Wildman–Crippen LogP) is 1.82. The zero-order valence-electron chi connectivity index (χ0n) is 11.9. The standard InChI is InChI=1S/C15H19NO5/c1-2-20-14(18)9-8-13(10-17)16-15(19)21-11-12-6-4-3-5-7-12/h3-7,10,13H,2,8-9,11H2,1H3,(H,16,19)/t13-/m0/s1. The van der Waals surface area contributed by atoms with Crippen LogP contribution >= 0.6 is 0 Å². The number of carbonyl (C=O) groups is 3. The first-order valence-corrected chi connectivity index (χ1v) is 6.73. The number of benzene rings is 1. The molecule has 0 unspecified atom stereocenters. The fourth-order valence-corrected chi connectivity index (χ4v) is 1.60. The smallest absolute Gasteiger partial charge is 0.408 e. The van der Waals surface area contributed by atoms with E-state index in [1.54, 1.807) is 6.92 Å². The molecule has 0 aliphatic heterocycles. The predicted molar refractivity (Wildman–Crippen MR) is 75.5 cm³/mol. The summed E-state index contributed by atoms with van der Waals surface area (Å²) >= 11 is 0. The first kappa shape index (κ1) is 16.7. The van der Waals surface area contributed by atoms with Crippen LogP contribution in [-0.4, -0.2) is 31.0 Å². The van der Waals surface area contributed by atoms with Crippen molar-refractivity contribution in [3.8, 4) is 0 Å². The first-order valence-electron chi connectivity index (χ1n) is 6.73. The summed E-state index contributed by atoms with van der Waals surface area (Å²) < 4.78 is 9.74. The van der Waals surface area contributed by atoms with Crippen molar-refractivity contribution in [1.29, 1.82) is 0 Å². The Morgan fingerprint density at radius 2 is 1.95 bits per heavy atom. The average molecular weight is 293 g/mol. The lowest BCUT2D eigenvalue weighted by molar-refractivity contribution is -0.143. The van der Waals surface area contributed by atoms with E-state index in [1.165, 1.54) is 0 Å². The molecule has 0 heterocycles. The van der Waals surface area contributed by atoms with Crippen LogP contribution in [0.4, 0.5) is 4.79 Å². The first-order chi connectivity index (χ1) is 10.2. The Labute approximate surface area is 123 Å². The Hall–Kier alpha value is -2.37. The Morgan fingerprint density at radius 3 is 2.57 bits per heavy atom. The van der Waals surface area contributed by atoms with Gasteiger partial charge in [0.1, 0.15) is 12.9 Å². The van der Waals surface area contributed by atoms with Crippen molar-refractivity contribution in [3.05, 3.63) is 35.9 Å².